The number of nitrogens with zero attached hydrogens (tertiary/aromatic N) is 1. The van der Waals surface area contributed by atoms with Crippen molar-refractivity contribution in [1.29, 1.82) is 0 Å². The third-order valence-electron chi connectivity index (χ3n) is 1.84. The topological polar surface area (TPSA) is 62.2 Å². The first-order valence-corrected chi connectivity index (χ1v) is 6.05. The van der Waals surface area contributed by atoms with Gasteiger partial charge in [0.2, 0.25) is 0 Å². The van der Waals surface area contributed by atoms with Crippen LogP contribution >= 0.6 is 11.8 Å². The first-order chi connectivity index (χ1) is 7.24. The van der Waals surface area contributed by atoms with Crippen molar-refractivity contribution in [3.63, 3.8) is 0 Å². The first-order valence-electron chi connectivity index (χ1n) is 4.66. The van der Waals surface area contributed by atoms with Gasteiger partial charge in [0.05, 0.1) is 11.9 Å². The third kappa shape index (κ3) is 4.20. The van der Waals surface area contributed by atoms with Gasteiger partial charge in [-0.25, -0.2) is 9.78 Å². The number of thioether (sulfide) groups is 1. The molecular formula is C10H14N2O2S. The maximum Gasteiger partial charge on any atom is 0.354 e. The van der Waals surface area contributed by atoms with Crippen LogP contribution in [0.1, 0.15) is 16.9 Å². The van der Waals surface area contributed by atoms with E-state index in [0.717, 1.165) is 24.4 Å². The molecule has 1 aromatic rings. The van der Waals surface area contributed by atoms with Gasteiger partial charge in [0.15, 0.2) is 0 Å². The Labute approximate surface area is 93.1 Å². The molecule has 0 saturated carbocycles. The molecule has 0 spiro atoms. The molecule has 82 valence electrons. The van der Waals surface area contributed by atoms with Crippen molar-refractivity contribution < 1.29 is 9.90 Å². The summed E-state index contributed by atoms with van der Waals surface area (Å²) in [6.07, 6.45) is 4.70. The van der Waals surface area contributed by atoms with Crippen molar-refractivity contribution in [3.05, 3.63) is 24.0 Å². The Morgan fingerprint density at radius 2 is 2.40 bits per heavy atom. The smallest absolute Gasteiger partial charge is 0.354 e. The maximum atomic E-state index is 10.5. The summed E-state index contributed by atoms with van der Waals surface area (Å²) in [4.78, 5) is 14.3. The van der Waals surface area contributed by atoms with Crippen molar-refractivity contribution in [2.45, 2.75) is 6.42 Å². The fourth-order valence-corrected chi connectivity index (χ4v) is 1.51. The van der Waals surface area contributed by atoms with Gasteiger partial charge in [-0.3, -0.25) is 0 Å². The Morgan fingerprint density at radius 3 is 2.93 bits per heavy atom. The molecule has 1 aromatic heterocycles. The van der Waals surface area contributed by atoms with E-state index in [1.54, 1.807) is 12.3 Å². The van der Waals surface area contributed by atoms with Gasteiger partial charge < -0.3 is 10.4 Å². The zero-order chi connectivity index (χ0) is 11.1. The molecule has 0 aliphatic carbocycles. The molecule has 4 nitrogen and oxygen atoms in total. The van der Waals surface area contributed by atoms with E-state index < -0.39 is 5.97 Å². The van der Waals surface area contributed by atoms with Gasteiger partial charge in [0.25, 0.3) is 0 Å². The van der Waals surface area contributed by atoms with E-state index in [1.165, 1.54) is 6.07 Å². The summed E-state index contributed by atoms with van der Waals surface area (Å²) in [6, 6.07) is 3.23. The summed E-state index contributed by atoms with van der Waals surface area (Å²) in [7, 11) is 0. The normalized spacial score (nSPS) is 9.93. The lowest BCUT2D eigenvalue weighted by Gasteiger charge is -2.04. The number of pyridine rings is 1. The van der Waals surface area contributed by atoms with Gasteiger partial charge in [0, 0.05) is 6.54 Å². The van der Waals surface area contributed by atoms with E-state index in [9.17, 15) is 4.79 Å². The van der Waals surface area contributed by atoms with Crippen LogP contribution in [0.2, 0.25) is 0 Å². The van der Waals surface area contributed by atoms with Crippen molar-refractivity contribution >= 4 is 23.4 Å². The number of carboxylic acids is 1. The van der Waals surface area contributed by atoms with Gasteiger partial charge >= 0.3 is 5.97 Å². The highest BCUT2D eigenvalue weighted by atomic mass is 32.2. The van der Waals surface area contributed by atoms with E-state index >= 15 is 0 Å². The molecule has 0 aliphatic heterocycles. The Balaban J connectivity index is 2.39. The van der Waals surface area contributed by atoms with Crippen LogP contribution in [0.3, 0.4) is 0 Å². The number of hydrogen-bond acceptors (Lipinski definition) is 4. The lowest BCUT2D eigenvalue weighted by Crippen LogP contribution is -2.04. The number of carboxylic acid groups (broad SMARTS) is 1. The van der Waals surface area contributed by atoms with Crippen molar-refractivity contribution in [2.75, 3.05) is 23.9 Å². The van der Waals surface area contributed by atoms with E-state index in [1.807, 2.05) is 11.8 Å². The molecule has 0 fully saturated rings. The van der Waals surface area contributed by atoms with Crippen molar-refractivity contribution in [2.24, 2.45) is 0 Å². The van der Waals surface area contributed by atoms with Crippen LogP contribution in [-0.2, 0) is 0 Å². The summed E-state index contributed by atoms with van der Waals surface area (Å²) in [5, 5.41) is 11.8. The van der Waals surface area contributed by atoms with Gasteiger partial charge in [-0.1, -0.05) is 0 Å². The molecule has 0 bridgehead atoms. The Hall–Kier alpha value is -1.23. The van der Waals surface area contributed by atoms with E-state index in [-0.39, 0.29) is 5.69 Å². The zero-order valence-corrected chi connectivity index (χ0v) is 9.38. The summed E-state index contributed by atoms with van der Waals surface area (Å²) >= 11 is 1.81. The SMILES string of the molecule is CSCCCNc1ccc(C(=O)O)nc1. The summed E-state index contributed by atoms with van der Waals surface area (Å²) in [6.45, 7) is 0.884. The molecule has 0 aliphatic rings. The number of rotatable bonds is 6. The van der Waals surface area contributed by atoms with Crippen LogP contribution in [0.5, 0.6) is 0 Å². The molecule has 5 heteroatoms. The number of anilines is 1. The number of carbonyl (C=O) groups is 1. The third-order valence-corrected chi connectivity index (χ3v) is 2.53. The number of nitrogens with one attached hydrogen (secondary N) is 1. The van der Waals surface area contributed by atoms with Crippen LogP contribution in [0.25, 0.3) is 0 Å². The monoisotopic (exact) mass is 226 g/mol. The lowest BCUT2D eigenvalue weighted by atomic mass is 10.3. The van der Waals surface area contributed by atoms with Gasteiger partial charge in [0.1, 0.15) is 5.69 Å². The molecule has 0 unspecified atom stereocenters. The second-order valence-electron chi connectivity index (χ2n) is 3.01. The van der Waals surface area contributed by atoms with E-state index in [2.05, 4.69) is 16.6 Å². The molecule has 0 atom stereocenters. The first kappa shape index (κ1) is 11.8. The predicted octanol–water partition coefficient (Wildman–Crippen LogP) is 1.94. The van der Waals surface area contributed by atoms with E-state index in [0.29, 0.717) is 0 Å². The van der Waals surface area contributed by atoms with Gasteiger partial charge in [-0.05, 0) is 30.6 Å². The Kier molecular flexibility index (Phi) is 4.97. The largest absolute Gasteiger partial charge is 0.477 e. The molecule has 15 heavy (non-hydrogen) atoms. The second kappa shape index (κ2) is 6.29. The summed E-state index contributed by atoms with van der Waals surface area (Å²) in [5.74, 6) is 0.122. The maximum absolute atomic E-state index is 10.5. The highest BCUT2D eigenvalue weighted by Gasteiger charge is 2.02. The minimum absolute atomic E-state index is 0.0738. The molecule has 0 radical (unpaired) electrons. The summed E-state index contributed by atoms with van der Waals surface area (Å²) in [5.41, 5.74) is 0.936. The van der Waals surface area contributed by atoms with Crippen LogP contribution < -0.4 is 5.32 Å². The van der Waals surface area contributed by atoms with Crippen LogP contribution in [0, 0.1) is 0 Å². The van der Waals surface area contributed by atoms with Gasteiger partial charge in [-0.15, -0.1) is 0 Å². The fraction of sp³-hybridized carbons (Fsp3) is 0.400. The summed E-state index contributed by atoms with van der Waals surface area (Å²) < 4.78 is 0. The van der Waals surface area contributed by atoms with Crippen LogP contribution in [0.15, 0.2) is 18.3 Å². The Morgan fingerprint density at radius 1 is 1.60 bits per heavy atom. The van der Waals surface area contributed by atoms with E-state index in [4.69, 9.17) is 5.11 Å². The highest BCUT2D eigenvalue weighted by Crippen LogP contribution is 2.06. The molecule has 0 saturated heterocycles. The fourth-order valence-electron chi connectivity index (χ4n) is 1.07. The molecule has 1 heterocycles. The van der Waals surface area contributed by atoms with Crippen molar-refractivity contribution in [1.82, 2.24) is 4.98 Å². The van der Waals surface area contributed by atoms with Crippen LogP contribution in [-0.4, -0.2) is 34.6 Å². The average molecular weight is 226 g/mol. The Bertz CT molecular complexity index is 314. The highest BCUT2D eigenvalue weighted by molar-refractivity contribution is 7.98. The minimum Gasteiger partial charge on any atom is -0.477 e. The lowest BCUT2D eigenvalue weighted by molar-refractivity contribution is 0.0690. The molecular weight excluding hydrogens is 212 g/mol. The average Bonchev–Trinajstić information content (AvgIpc) is 2.25. The molecule has 0 aromatic carbocycles. The molecule has 0 amide bonds. The number of hydrogen-bond donors (Lipinski definition) is 2. The van der Waals surface area contributed by atoms with Crippen molar-refractivity contribution in [3.8, 4) is 0 Å². The zero-order valence-electron chi connectivity index (χ0n) is 8.56. The predicted molar refractivity (Wildman–Crippen MR) is 62.7 cm³/mol. The standard InChI is InChI=1S/C10H14N2O2S/c1-15-6-2-5-11-8-3-4-9(10(13)14)12-7-8/h3-4,7,11H,2,5-6H2,1H3,(H,13,14). The second-order valence-corrected chi connectivity index (χ2v) is 4.00. The van der Waals surface area contributed by atoms with Crippen LogP contribution in [0.4, 0.5) is 5.69 Å². The molecule has 1 rings (SSSR count). The molecule has 2 N–H and O–H groups in total. The van der Waals surface area contributed by atoms with Gasteiger partial charge in [-0.2, -0.15) is 11.8 Å². The minimum atomic E-state index is -0.996. The number of aromatic nitrogens is 1. The number of aromatic carboxylic acids is 1. The quantitative estimate of drug-likeness (QED) is 0.726.